The molecular weight excluding hydrogens is 246 g/mol. The van der Waals surface area contributed by atoms with Crippen LogP contribution in [0.25, 0.3) is 0 Å². The Morgan fingerprint density at radius 3 is 2.79 bits per heavy atom. The minimum absolute atomic E-state index is 0.117. The third kappa shape index (κ3) is 5.87. The third-order valence-electron chi connectivity index (χ3n) is 2.47. The summed E-state index contributed by atoms with van der Waals surface area (Å²) in [5.41, 5.74) is 5.72. The van der Waals surface area contributed by atoms with Crippen LogP contribution in [0.2, 0.25) is 0 Å². The highest BCUT2D eigenvalue weighted by atomic mass is 16.5. The minimum atomic E-state index is -0.395. The van der Waals surface area contributed by atoms with Gasteiger partial charge in [0.05, 0.1) is 13.7 Å². The van der Waals surface area contributed by atoms with E-state index in [-0.39, 0.29) is 24.9 Å². The van der Waals surface area contributed by atoms with E-state index in [2.05, 4.69) is 10.6 Å². The normalized spacial score (nSPS) is 11.7. The van der Waals surface area contributed by atoms with E-state index in [1.807, 2.05) is 0 Å². The van der Waals surface area contributed by atoms with E-state index in [9.17, 15) is 9.59 Å². The Hall–Kier alpha value is -2.08. The number of hydrogen-bond acceptors (Lipinski definition) is 4. The molecule has 6 nitrogen and oxygen atoms in total. The molecule has 0 fully saturated rings. The van der Waals surface area contributed by atoms with Gasteiger partial charge in [0.25, 0.3) is 0 Å². The number of methoxy groups -OCH3 is 1. The summed E-state index contributed by atoms with van der Waals surface area (Å²) in [7, 11) is 1.56. The van der Waals surface area contributed by atoms with Gasteiger partial charge < -0.3 is 21.1 Å². The van der Waals surface area contributed by atoms with Crippen molar-refractivity contribution in [3.8, 4) is 5.75 Å². The summed E-state index contributed by atoms with van der Waals surface area (Å²) in [4.78, 5) is 22.4. The highest BCUT2D eigenvalue weighted by molar-refractivity contribution is 5.92. The van der Waals surface area contributed by atoms with Gasteiger partial charge in [0.15, 0.2) is 0 Å². The highest BCUT2D eigenvalue weighted by Crippen LogP contribution is 2.16. The topological polar surface area (TPSA) is 93.4 Å². The zero-order valence-corrected chi connectivity index (χ0v) is 11.1. The van der Waals surface area contributed by atoms with Crippen LogP contribution in [-0.4, -0.2) is 31.5 Å². The first-order valence-electron chi connectivity index (χ1n) is 5.97. The molecule has 0 saturated heterocycles. The number of amides is 2. The van der Waals surface area contributed by atoms with Crippen LogP contribution in [0.1, 0.15) is 13.3 Å². The minimum Gasteiger partial charge on any atom is -0.497 e. The molecule has 104 valence electrons. The maximum atomic E-state index is 11.7. The predicted octanol–water partition coefficient (Wildman–Crippen LogP) is 0.487. The van der Waals surface area contributed by atoms with Gasteiger partial charge in [0, 0.05) is 24.2 Å². The van der Waals surface area contributed by atoms with Gasteiger partial charge in [-0.25, -0.2) is 0 Å². The first kappa shape index (κ1) is 15.0. The number of primary amides is 1. The molecule has 0 aromatic heterocycles. The molecule has 1 aromatic rings. The van der Waals surface area contributed by atoms with Gasteiger partial charge in [0.1, 0.15) is 5.75 Å². The predicted molar refractivity (Wildman–Crippen MR) is 72.9 cm³/mol. The van der Waals surface area contributed by atoms with Crippen molar-refractivity contribution in [3.63, 3.8) is 0 Å². The monoisotopic (exact) mass is 265 g/mol. The number of carbonyl (C=O) groups is 2. The summed E-state index contributed by atoms with van der Waals surface area (Å²) in [5, 5.41) is 5.65. The first-order chi connectivity index (χ1) is 9.01. The molecule has 2 amide bonds. The second-order valence-electron chi connectivity index (χ2n) is 4.23. The van der Waals surface area contributed by atoms with E-state index in [4.69, 9.17) is 10.5 Å². The van der Waals surface area contributed by atoms with E-state index in [0.717, 1.165) is 0 Å². The number of rotatable bonds is 7. The molecule has 0 aliphatic carbocycles. The molecule has 0 bridgehead atoms. The van der Waals surface area contributed by atoms with Crippen molar-refractivity contribution in [2.24, 2.45) is 5.73 Å². The number of nitrogens with one attached hydrogen (secondary N) is 2. The lowest BCUT2D eigenvalue weighted by Crippen LogP contribution is -2.36. The number of anilines is 1. The van der Waals surface area contributed by atoms with Crippen molar-refractivity contribution in [1.82, 2.24) is 5.32 Å². The average Bonchev–Trinajstić information content (AvgIpc) is 2.36. The molecule has 0 heterocycles. The molecule has 0 aliphatic rings. The molecule has 0 aliphatic heterocycles. The smallest absolute Gasteiger partial charge is 0.238 e. The highest BCUT2D eigenvalue weighted by Gasteiger charge is 2.08. The van der Waals surface area contributed by atoms with Crippen molar-refractivity contribution in [2.75, 3.05) is 19.0 Å². The fourth-order valence-electron chi connectivity index (χ4n) is 1.55. The Morgan fingerprint density at radius 2 is 2.16 bits per heavy atom. The zero-order chi connectivity index (χ0) is 14.3. The number of hydrogen-bond donors (Lipinski definition) is 3. The van der Waals surface area contributed by atoms with E-state index < -0.39 is 5.91 Å². The van der Waals surface area contributed by atoms with Crippen LogP contribution in [0.5, 0.6) is 5.75 Å². The maximum absolute atomic E-state index is 11.7. The fraction of sp³-hybridized carbons (Fsp3) is 0.385. The molecular formula is C13H19N3O3. The standard InChI is InChI=1S/C13H19N3O3/c1-9(6-12(14)17)15-8-13(18)16-10-4-3-5-11(7-10)19-2/h3-5,7,9,15H,6,8H2,1-2H3,(H2,14,17)(H,16,18). The van der Waals surface area contributed by atoms with Crippen LogP contribution in [0.3, 0.4) is 0 Å². The van der Waals surface area contributed by atoms with Gasteiger partial charge in [0.2, 0.25) is 11.8 Å². The second-order valence-corrected chi connectivity index (χ2v) is 4.23. The number of nitrogens with two attached hydrogens (primary N) is 1. The second kappa shape index (κ2) is 7.38. The summed E-state index contributed by atoms with van der Waals surface area (Å²) in [5.74, 6) is 0.0885. The molecule has 1 aromatic carbocycles. The molecule has 0 saturated carbocycles. The Bertz CT molecular complexity index is 449. The molecule has 19 heavy (non-hydrogen) atoms. The van der Waals surface area contributed by atoms with E-state index >= 15 is 0 Å². The van der Waals surface area contributed by atoms with Gasteiger partial charge in [-0.2, -0.15) is 0 Å². The molecule has 0 spiro atoms. The zero-order valence-electron chi connectivity index (χ0n) is 11.1. The average molecular weight is 265 g/mol. The van der Waals surface area contributed by atoms with Gasteiger partial charge in [-0.15, -0.1) is 0 Å². The number of ether oxygens (including phenoxy) is 1. The Morgan fingerprint density at radius 1 is 1.42 bits per heavy atom. The van der Waals surface area contributed by atoms with E-state index in [0.29, 0.717) is 11.4 Å². The fourth-order valence-corrected chi connectivity index (χ4v) is 1.55. The number of carbonyl (C=O) groups excluding carboxylic acids is 2. The Balaban J connectivity index is 2.40. The van der Waals surface area contributed by atoms with Crippen LogP contribution in [0, 0.1) is 0 Å². The van der Waals surface area contributed by atoms with Crippen molar-refractivity contribution in [2.45, 2.75) is 19.4 Å². The van der Waals surface area contributed by atoms with Crippen LogP contribution in [0.4, 0.5) is 5.69 Å². The molecule has 0 radical (unpaired) electrons. The van der Waals surface area contributed by atoms with Crippen LogP contribution in [-0.2, 0) is 9.59 Å². The Kier molecular flexibility index (Phi) is 5.81. The third-order valence-corrected chi connectivity index (χ3v) is 2.47. The summed E-state index contributed by atoms with van der Waals surface area (Å²) in [6, 6.07) is 6.95. The van der Waals surface area contributed by atoms with Crippen molar-refractivity contribution in [1.29, 1.82) is 0 Å². The van der Waals surface area contributed by atoms with E-state index in [1.54, 1.807) is 38.3 Å². The summed E-state index contributed by atoms with van der Waals surface area (Å²) < 4.78 is 5.06. The van der Waals surface area contributed by atoms with Crippen LogP contribution >= 0.6 is 0 Å². The van der Waals surface area contributed by atoms with Crippen molar-refractivity contribution < 1.29 is 14.3 Å². The number of benzene rings is 1. The summed E-state index contributed by atoms with van der Waals surface area (Å²) in [6.07, 6.45) is 0.201. The SMILES string of the molecule is COc1cccc(NC(=O)CNC(C)CC(N)=O)c1. The molecule has 6 heteroatoms. The lowest BCUT2D eigenvalue weighted by molar-refractivity contribution is -0.119. The molecule has 4 N–H and O–H groups in total. The van der Waals surface area contributed by atoms with Gasteiger partial charge in [-0.1, -0.05) is 6.07 Å². The van der Waals surface area contributed by atoms with E-state index in [1.165, 1.54) is 0 Å². The van der Waals surface area contributed by atoms with Crippen LogP contribution < -0.4 is 21.1 Å². The Labute approximate surface area is 112 Å². The van der Waals surface area contributed by atoms with Crippen molar-refractivity contribution >= 4 is 17.5 Å². The summed E-state index contributed by atoms with van der Waals surface area (Å²) >= 11 is 0. The lowest BCUT2D eigenvalue weighted by Gasteiger charge is -2.12. The van der Waals surface area contributed by atoms with Gasteiger partial charge >= 0.3 is 0 Å². The largest absolute Gasteiger partial charge is 0.497 e. The van der Waals surface area contributed by atoms with Gasteiger partial charge in [-0.05, 0) is 19.1 Å². The lowest BCUT2D eigenvalue weighted by atomic mass is 10.2. The molecule has 1 rings (SSSR count). The van der Waals surface area contributed by atoms with Gasteiger partial charge in [-0.3, -0.25) is 9.59 Å². The van der Waals surface area contributed by atoms with Crippen molar-refractivity contribution in [3.05, 3.63) is 24.3 Å². The first-order valence-corrected chi connectivity index (χ1v) is 5.97. The summed E-state index contributed by atoms with van der Waals surface area (Å²) in [6.45, 7) is 1.91. The van der Waals surface area contributed by atoms with Crippen LogP contribution in [0.15, 0.2) is 24.3 Å². The molecule has 1 atom stereocenters. The quantitative estimate of drug-likeness (QED) is 0.668. The maximum Gasteiger partial charge on any atom is 0.238 e. The molecule has 1 unspecified atom stereocenters.